The first kappa shape index (κ1) is 19.8. The number of unbranched alkanes of at least 4 members (excludes halogenated alkanes) is 1. The van der Waals surface area contributed by atoms with Crippen LogP contribution in [0.5, 0.6) is 0 Å². The van der Waals surface area contributed by atoms with Gasteiger partial charge in [0.1, 0.15) is 0 Å². The predicted molar refractivity (Wildman–Crippen MR) is 107 cm³/mol. The molecule has 0 spiro atoms. The van der Waals surface area contributed by atoms with E-state index in [1.54, 1.807) is 48.3 Å². The fourth-order valence-corrected chi connectivity index (χ4v) is 3.43. The van der Waals surface area contributed by atoms with Crippen LogP contribution in [0.3, 0.4) is 0 Å². The van der Waals surface area contributed by atoms with E-state index in [0.29, 0.717) is 28.9 Å². The lowest BCUT2D eigenvalue weighted by Crippen LogP contribution is -2.30. The predicted octanol–water partition coefficient (Wildman–Crippen LogP) is 2.74. The molecule has 0 heterocycles. The van der Waals surface area contributed by atoms with Gasteiger partial charge in [0.25, 0.3) is 5.91 Å². The van der Waals surface area contributed by atoms with Crippen LogP contribution >= 0.6 is 0 Å². The number of carbonyl (C=O) groups excluding carboxylic acids is 3. The maximum Gasteiger partial charge on any atom is 0.255 e. The van der Waals surface area contributed by atoms with Gasteiger partial charge in [0.15, 0.2) is 11.6 Å². The fraction of sp³-hybridized carbons (Fsp3) is 0.318. The minimum Gasteiger partial charge on any atom is -0.395 e. The number of aliphatic hydroxyl groups is 1. The highest BCUT2D eigenvalue weighted by Gasteiger charge is 2.33. The number of hydrogen-bond donors (Lipinski definition) is 2. The monoisotopic (exact) mass is 380 g/mol. The van der Waals surface area contributed by atoms with Crippen LogP contribution in [0.4, 0.5) is 5.69 Å². The third-order valence-electron chi connectivity index (χ3n) is 4.93. The Morgan fingerprint density at radius 1 is 1.04 bits per heavy atom. The van der Waals surface area contributed by atoms with E-state index in [0.717, 1.165) is 12.8 Å². The molecule has 0 saturated heterocycles. The van der Waals surface area contributed by atoms with E-state index in [-0.39, 0.29) is 41.8 Å². The summed E-state index contributed by atoms with van der Waals surface area (Å²) in [6.45, 7) is 2.65. The van der Waals surface area contributed by atoms with E-state index in [2.05, 4.69) is 5.32 Å². The second kappa shape index (κ2) is 8.35. The highest BCUT2D eigenvalue weighted by molar-refractivity contribution is 6.31. The Morgan fingerprint density at radius 2 is 1.71 bits per heavy atom. The zero-order valence-electron chi connectivity index (χ0n) is 16.1. The topological polar surface area (TPSA) is 86.7 Å². The summed E-state index contributed by atoms with van der Waals surface area (Å²) in [4.78, 5) is 40.7. The smallest absolute Gasteiger partial charge is 0.255 e. The van der Waals surface area contributed by atoms with Gasteiger partial charge in [-0.3, -0.25) is 14.4 Å². The standard InChI is InChI=1S/C22H24N2O4/c1-3-4-12-24(2)22(28)17-10-9-16-18(19(17)23-11-13-25)21(27)15-8-6-5-7-14(15)20(16)26/h5-10,23,25H,3-4,11-13H2,1-2H3. The molecular weight excluding hydrogens is 356 g/mol. The quantitative estimate of drug-likeness (QED) is 0.658. The van der Waals surface area contributed by atoms with E-state index in [1.165, 1.54) is 0 Å². The van der Waals surface area contributed by atoms with Crippen LogP contribution in [0.25, 0.3) is 0 Å². The number of fused-ring (bicyclic) bond motifs is 2. The lowest BCUT2D eigenvalue weighted by Gasteiger charge is -2.24. The van der Waals surface area contributed by atoms with Crippen LogP contribution in [0.15, 0.2) is 36.4 Å². The van der Waals surface area contributed by atoms with Crippen LogP contribution in [0, 0.1) is 0 Å². The number of amides is 1. The highest BCUT2D eigenvalue weighted by Crippen LogP contribution is 2.34. The maximum atomic E-state index is 13.2. The summed E-state index contributed by atoms with van der Waals surface area (Å²) in [5, 5.41) is 12.2. The molecule has 1 amide bonds. The van der Waals surface area contributed by atoms with Gasteiger partial charge in [-0.25, -0.2) is 0 Å². The molecule has 1 aliphatic carbocycles. The van der Waals surface area contributed by atoms with Crippen molar-refractivity contribution >= 4 is 23.2 Å². The number of carbonyl (C=O) groups is 3. The summed E-state index contributed by atoms with van der Waals surface area (Å²) in [6, 6.07) is 9.83. The van der Waals surface area contributed by atoms with Crippen LogP contribution in [0.1, 0.15) is 62.0 Å². The summed E-state index contributed by atoms with van der Waals surface area (Å²) >= 11 is 0. The highest BCUT2D eigenvalue weighted by atomic mass is 16.3. The van der Waals surface area contributed by atoms with Crippen molar-refractivity contribution < 1.29 is 19.5 Å². The van der Waals surface area contributed by atoms with Crippen molar-refractivity contribution in [2.45, 2.75) is 19.8 Å². The molecule has 0 unspecified atom stereocenters. The summed E-state index contributed by atoms with van der Waals surface area (Å²) < 4.78 is 0. The summed E-state index contributed by atoms with van der Waals surface area (Å²) in [6.07, 6.45) is 1.83. The first-order chi connectivity index (χ1) is 13.5. The zero-order valence-corrected chi connectivity index (χ0v) is 16.1. The van der Waals surface area contributed by atoms with Gasteiger partial charge in [-0.1, -0.05) is 37.6 Å². The Balaban J connectivity index is 2.13. The Labute approximate surface area is 164 Å². The third-order valence-corrected chi connectivity index (χ3v) is 4.93. The molecule has 6 heteroatoms. The molecule has 0 bridgehead atoms. The molecule has 1 aliphatic rings. The number of aliphatic hydroxyl groups excluding tert-OH is 1. The maximum absolute atomic E-state index is 13.2. The van der Waals surface area contributed by atoms with Crippen molar-refractivity contribution in [3.8, 4) is 0 Å². The van der Waals surface area contributed by atoms with Gasteiger partial charge in [0, 0.05) is 36.8 Å². The van der Waals surface area contributed by atoms with E-state index in [4.69, 9.17) is 0 Å². The second-order valence-corrected chi connectivity index (χ2v) is 6.85. The van der Waals surface area contributed by atoms with Crippen LogP contribution in [-0.4, -0.2) is 54.2 Å². The Kier molecular flexibility index (Phi) is 5.90. The summed E-state index contributed by atoms with van der Waals surface area (Å²) in [5.74, 6) is -0.761. The molecule has 146 valence electrons. The Bertz CT molecular complexity index is 936. The lowest BCUT2D eigenvalue weighted by molar-refractivity contribution is 0.0793. The normalized spacial score (nSPS) is 12.4. The Morgan fingerprint density at radius 3 is 2.36 bits per heavy atom. The number of nitrogens with one attached hydrogen (secondary N) is 1. The average molecular weight is 380 g/mol. The van der Waals surface area contributed by atoms with Crippen molar-refractivity contribution in [1.82, 2.24) is 4.90 Å². The number of hydrogen-bond acceptors (Lipinski definition) is 5. The van der Waals surface area contributed by atoms with E-state index < -0.39 is 0 Å². The number of anilines is 1. The molecule has 0 saturated carbocycles. The van der Waals surface area contributed by atoms with Gasteiger partial charge in [-0.2, -0.15) is 0 Å². The van der Waals surface area contributed by atoms with Crippen molar-refractivity contribution in [2.75, 3.05) is 32.1 Å². The third kappa shape index (κ3) is 3.43. The SMILES string of the molecule is CCCCN(C)C(=O)c1ccc2c(c1NCCO)C(=O)c1ccccc1C2=O. The number of nitrogens with zero attached hydrogens (tertiary/aromatic N) is 1. The molecule has 0 aliphatic heterocycles. The number of rotatable bonds is 7. The number of ketones is 2. The van der Waals surface area contributed by atoms with Crippen LogP contribution in [-0.2, 0) is 0 Å². The van der Waals surface area contributed by atoms with Gasteiger partial charge >= 0.3 is 0 Å². The molecule has 0 radical (unpaired) electrons. The molecule has 28 heavy (non-hydrogen) atoms. The van der Waals surface area contributed by atoms with Crippen molar-refractivity contribution in [1.29, 1.82) is 0 Å². The van der Waals surface area contributed by atoms with E-state index >= 15 is 0 Å². The molecular formula is C22H24N2O4. The molecule has 3 rings (SSSR count). The van der Waals surface area contributed by atoms with Gasteiger partial charge in [-0.15, -0.1) is 0 Å². The molecule has 2 N–H and O–H groups in total. The minimum atomic E-state index is -0.295. The van der Waals surface area contributed by atoms with Crippen molar-refractivity contribution in [2.24, 2.45) is 0 Å². The fourth-order valence-electron chi connectivity index (χ4n) is 3.43. The van der Waals surface area contributed by atoms with Gasteiger partial charge < -0.3 is 15.3 Å². The minimum absolute atomic E-state index is 0.165. The molecule has 2 aromatic rings. The first-order valence-electron chi connectivity index (χ1n) is 9.46. The average Bonchev–Trinajstić information content (AvgIpc) is 2.73. The molecule has 0 aromatic heterocycles. The van der Waals surface area contributed by atoms with E-state index in [1.807, 2.05) is 6.92 Å². The first-order valence-corrected chi connectivity index (χ1v) is 9.46. The zero-order chi connectivity index (χ0) is 20.3. The largest absolute Gasteiger partial charge is 0.395 e. The van der Waals surface area contributed by atoms with E-state index in [9.17, 15) is 19.5 Å². The van der Waals surface area contributed by atoms with Gasteiger partial charge in [0.05, 0.1) is 23.4 Å². The summed E-state index contributed by atoms with van der Waals surface area (Å²) in [5.41, 5.74) is 1.81. The molecule has 6 nitrogen and oxygen atoms in total. The molecule has 2 aromatic carbocycles. The summed E-state index contributed by atoms with van der Waals surface area (Å²) in [7, 11) is 1.72. The second-order valence-electron chi connectivity index (χ2n) is 6.85. The van der Waals surface area contributed by atoms with Crippen molar-refractivity contribution in [3.63, 3.8) is 0 Å². The Hall–Kier alpha value is -2.99. The van der Waals surface area contributed by atoms with Crippen molar-refractivity contribution in [3.05, 3.63) is 64.2 Å². The van der Waals surface area contributed by atoms with Gasteiger partial charge in [-0.05, 0) is 18.6 Å². The lowest BCUT2D eigenvalue weighted by atomic mass is 9.82. The van der Waals surface area contributed by atoms with Gasteiger partial charge in [0.2, 0.25) is 0 Å². The number of benzene rings is 2. The molecule has 0 atom stereocenters. The van der Waals surface area contributed by atoms with Crippen LogP contribution < -0.4 is 5.32 Å². The molecule has 0 fully saturated rings. The van der Waals surface area contributed by atoms with Crippen LogP contribution in [0.2, 0.25) is 0 Å².